The first-order chi connectivity index (χ1) is 6.16. The first-order valence-corrected chi connectivity index (χ1v) is 5.10. The molecule has 1 aromatic heterocycles. The van der Waals surface area contributed by atoms with Crippen LogP contribution in [-0.4, -0.2) is 11.1 Å². The Kier molecular flexibility index (Phi) is 2.00. The standard InChI is InChI=1S/C9H11NO2S/c10-7-4-6(3-5-1-2-5)13-8(7)9(11)12/h4-5H,1-3,10H2,(H,11,12). The normalized spacial score (nSPS) is 16.0. The highest BCUT2D eigenvalue weighted by Crippen LogP contribution is 2.36. The molecule has 0 saturated heterocycles. The summed E-state index contributed by atoms with van der Waals surface area (Å²) in [6.45, 7) is 0. The Morgan fingerprint density at radius 2 is 2.38 bits per heavy atom. The van der Waals surface area contributed by atoms with Crippen molar-refractivity contribution in [2.24, 2.45) is 5.92 Å². The van der Waals surface area contributed by atoms with Gasteiger partial charge < -0.3 is 10.8 Å². The van der Waals surface area contributed by atoms with Crippen LogP contribution in [0.1, 0.15) is 27.4 Å². The van der Waals surface area contributed by atoms with Crippen molar-refractivity contribution in [3.05, 3.63) is 15.8 Å². The van der Waals surface area contributed by atoms with Crippen LogP contribution in [-0.2, 0) is 6.42 Å². The van der Waals surface area contributed by atoms with Crippen molar-refractivity contribution in [1.82, 2.24) is 0 Å². The van der Waals surface area contributed by atoms with Gasteiger partial charge in [0, 0.05) is 4.88 Å². The zero-order chi connectivity index (χ0) is 9.42. The van der Waals surface area contributed by atoms with E-state index in [0.717, 1.165) is 17.2 Å². The fourth-order valence-corrected chi connectivity index (χ4v) is 2.36. The van der Waals surface area contributed by atoms with Gasteiger partial charge >= 0.3 is 5.97 Å². The molecular weight excluding hydrogens is 186 g/mol. The molecule has 0 aliphatic heterocycles. The lowest BCUT2D eigenvalue weighted by Crippen LogP contribution is -1.96. The van der Waals surface area contributed by atoms with Gasteiger partial charge in [-0.15, -0.1) is 11.3 Å². The minimum absolute atomic E-state index is 0.288. The minimum atomic E-state index is -0.912. The maximum atomic E-state index is 10.7. The fourth-order valence-electron chi connectivity index (χ4n) is 1.33. The number of anilines is 1. The maximum absolute atomic E-state index is 10.7. The summed E-state index contributed by atoms with van der Waals surface area (Å²) in [6.07, 6.45) is 3.56. The third-order valence-electron chi connectivity index (χ3n) is 2.19. The van der Waals surface area contributed by atoms with Crippen LogP contribution < -0.4 is 5.73 Å². The van der Waals surface area contributed by atoms with Crippen LogP contribution in [0.5, 0.6) is 0 Å². The molecule has 3 nitrogen and oxygen atoms in total. The van der Waals surface area contributed by atoms with Gasteiger partial charge in [0.15, 0.2) is 0 Å². The van der Waals surface area contributed by atoms with Crippen molar-refractivity contribution < 1.29 is 9.90 Å². The zero-order valence-corrected chi connectivity index (χ0v) is 7.93. The third kappa shape index (κ3) is 1.83. The molecular formula is C9H11NO2S. The predicted octanol–water partition coefficient (Wildman–Crippen LogP) is 1.98. The molecule has 70 valence electrons. The van der Waals surface area contributed by atoms with Crippen LogP contribution in [0.3, 0.4) is 0 Å². The molecule has 1 saturated carbocycles. The van der Waals surface area contributed by atoms with Crippen molar-refractivity contribution in [1.29, 1.82) is 0 Å². The highest BCUT2D eigenvalue weighted by Gasteiger charge is 2.23. The number of aromatic carboxylic acids is 1. The van der Waals surface area contributed by atoms with Crippen molar-refractivity contribution in [3.8, 4) is 0 Å². The van der Waals surface area contributed by atoms with E-state index in [9.17, 15) is 4.79 Å². The van der Waals surface area contributed by atoms with E-state index in [0.29, 0.717) is 5.69 Å². The maximum Gasteiger partial charge on any atom is 0.348 e. The Morgan fingerprint density at radius 3 is 2.85 bits per heavy atom. The molecule has 1 aromatic rings. The van der Waals surface area contributed by atoms with E-state index in [1.54, 1.807) is 6.07 Å². The van der Waals surface area contributed by atoms with E-state index in [-0.39, 0.29) is 4.88 Å². The van der Waals surface area contributed by atoms with Gasteiger partial charge in [0.2, 0.25) is 0 Å². The third-order valence-corrected chi connectivity index (χ3v) is 3.35. The quantitative estimate of drug-likeness (QED) is 0.778. The molecule has 0 radical (unpaired) electrons. The summed E-state index contributed by atoms with van der Waals surface area (Å²) >= 11 is 1.31. The van der Waals surface area contributed by atoms with Gasteiger partial charge in [-0.25, -0.2) is 4.79 Å². The average Bonchev–Trinajstić information content (AvgIpc) is 2.75. The zero-order valence-electron chi connectivity index (χ0n) is 7.12. The summed E-state index contributed by atoms with van der Waals surface area (Å²) in [7, 11) is 0. The molecule has 0 spiro atoms. The van der Waals surface area contributed by atoms with Gasteiger partial charge in [-0.3, -0.25) is 0 Å². The first-order valence-electron chi connectivity index (χ1n) is 4.28. The highest BCUT2D eigenvalue weighted by molar-refractivity contribution is 7.14. The SMILES string of the molecule is Nc1cc(CC2CC2)sc1C(=O)O. The lowest BCUT2D eigenvalue weighted by atomic mass is 10.2. The Balaban J connectivity index is 2.18. The van der Waals surface area contributed by atoms with E-state index < -0.39 is 5.97 Å². The molecule has 1 heterocycles. The van der Waals surface area contributed by atoms with Crippen molar-refractivity contribution in [2.45, 2.75) is 19.3 Å². The van der Waals surface area contributed by atoms with E-state index >= 15 is 0 Å². The van der Waals surface area contributed by atoms with Gasteiger partial charge in [-0.05, 0) is 31.2 Å². The number of nitrogen functional groups attached to an aromatic ring is 1. The lowest BCUT2D eigenvalue weighted by Gasteiger charge is -1.89. The topological polar surface area (TPSA) is 63.3 Å². The van der Waals surface area contributed by atoms with Crippen LogP contribution >= 0.6 is 11.3 Å². The summed E-state index contributed by atoms with van der Waals surface area (Å²) < 4.78 is 0. The van der Waals surface area contributed by atoms with Crippen molar-refractivity contribution in [3.63, 3.8) is 0 Å². The number of nitrogens with two attached hydrogens (primary N) is 1. The second-order valence-electron chi connectivity index (χ2n) is 3.45. The Morgan fingerprint density at radius 1 is 1.69 bits per heavy atom. The molecule has 0 amide bonds. The molecule has 1 fully saturated rings. The monoisotopic (exact) mass is 197 g/mol. The first kappa shape index (κ1) is 8.56. The fraction of sp³-hybridized carbons (Fsp3) is 0.444. The minimum Gasteiger partial charge on any atom is -0.477 e. The second kappa shape index (κ2) is 3.03. The van der Waals surface area contributed by atoms with Crippen LogP contribution in [0.15, 0.2) is 6.07 Å². The molecule has 4 heteroatoms. The average molecular weight is 197 g/mol. The van der Waals surface area contributed by atoms with Gasteiger partial charge in [-0.1, -0.05) is 0 Å². The molecule has 1 aliphatic carbocycles. The molecule has 13 heavy (non-hydrogen) atoms. The van der Waals surface area contributed by atoms with Gasteiger partial charge in [-0.2, -0.15) is 0 Å². The van der Waals surface area contributed by atoms with Crippen LogP contribution in [0.2, 0.25) is 0 Å². The number of carboxylic acid groups (broad SMARTS) is 1. The lowest BCUT2D eigenvalue weighted by molar-refractivity contribution is 0.0703. The molecule has 2 rings (SSSR count). The van der Waals surface area contributed by atoms with Crippen molar-refractivity contribution >= 4 is 23.0 Å². The number of hydrogen-bond acceptors (Lipinski definition) is 3. The summed E-state index contributed by atoms with van der Waals surface area (Å²) in [4.78, 5) is 12.1. The van der Waals surface area contributed by atoms with Gasteiger partial charge in [0.25, 0.3) is 0 Å². The van der Waals surface area contributed by atoms with E-state index in [4.69, 9.17) is 10.8 Å². The molecule has 0 unspecified atom stereocenters. The molecule has 0 aromatic carbocycles. The summed E-state index contributed by atoms with van der Waals surface area (Å²) in [6, 6.07) is 1.80. The summed E-state index contributed by atoms with van der Waals surface area (Å²) in [5.74, 6) is -0.135. The molecule has 0 bridgehead atoms. The van der Waals surface area contributed by atoms with Crippen LogP contribution in [0.4, 0.5) is 5.69 Å². The Bertz CT molecular complexity index is 341. The molecule has 1 aliphatic rings. The smallest absolute Gasteiger partial charge is 0.348 e. The van der Waals surface area contributed by atoms with Crippen LogP contribution in [0.25, 0.3) is 0 Å². The van der Waals surface area contributed by atoms with Crippen LogP contribution in [0, 0.1) is 5.92 Å². The number of carbonyl (C=O) groups is 1. The highest BCUT2D eigenvalue weighted by atomic mass is 32.1. The predicted molar refractivity (Wildman–Crippen MR) is 52.1 cm³/mol. The second-order valence-corrected chi connectivity index (χ2v) is 4.59. The Labute approximate surface area is 80.2 Å². The van der Waals surface area contributed by atoms with E-state index in [1.807, 2.05) is 0 Å². The van der Waals surface area contributed by atoms with Gasteiger partial charge in [0.1, 0.15) is 4.88 Å². The summed E-state index contributed by atoms with van der Waals surface area (Å²) in [5.41, 5.74) is 5.98. The number of thiophene rings is 1. The Hall–Kier alpha value is -1.03. The summed E-state index contributed by atoms with van der Waals surface area (Å²) in [5, 5.41) is 8.76. The largest absolute Gasteiger partial charge is 0.477 e. The van der Waals surface area contributed by atoms with E-state index in [1.165, 1.54) is 24.2 Å². The number of rotatable bonds is 3. The molecule has 3 N–H and O–H groups in total. The molecule has 0 atom stereocenters. The van der Waals surface area contributed by atoms with Crippen molar-refractivity contribution in [2.75, 3.05) is 5.73 Å². The van der Waals surface area contributed by atoms with Gasteiger partial charge in [0.05, 0.1) is 5.69 Å². The number of carboxylic acids is 1. The number of hydrogen-bond donors (Lipinski definition) is 2. The van der Waals surface area contributed by atoms with E-state index in [2.05, 4.69) is 0 Å².